The van der Waals surface area contributed by atoms with Gasteiger partial charge in [0.1, 0.15) is 23.3 Å². The van der Waals surface area contributed by atoms with Crippen LogP contribution in [0.1, 0.15) is 35.2 Å². The van der Waals surface area contributed by atoms with Crippen molar-refractivity contribution < 1.29 is 37.0 Å². The van der Waals surface area contributed by atoms with Crippen LogP contribution in [-0.4, -0.2) is 37.5 Å². The fourth-order valence-electron chi connectivity index (χ4n) is 4.38. The summed E-state index contributed by atoms with van der Waals surface area (Å²) in [6.07, 6.45) is -3.89. The van der Waals surface area contributed by atoms with Crippen LogP contribution < -0.4 is 19.5 Å². The highest BCUT2D eigenvalue weighted by Gasteiger charge is 2.38. The van der Waals surface area contributed by atoms with E-state index in [1.807, 2.05) is 13.0 Å². The molecular weight excluding hydrogens is 501 g/mol. The molecule has 38 heavy (non-hydrogen) atoms. The number of benzene rings is 3. The summed E-state index contributed by atoms with van der Waals surface area (Å²) in [7, 11) is 3.01. The Bertz CT molecular complexity index is 1330. The minimum Gasteiger partial charge on any atom is -0.497 e. The number of alkyl halides is 3. The zero-order chi connectivity index (χ0) is 27.4. The van der Waals surface area contributed by atoms with E-state index < -0.39 is 29.6 Å². The van der Waals surface area contributed by atoms with Crippen LogP contribution in [0.2, 0.25) is 0 Å². The third-order valence-electron chi connectivity index (χ3n) is 6.34. The molecule has 200 valence electrons. The lowest BCUT2D eigenvalue weighted by atomic mass is 9.98. The summed E-state index contributed by atoms with van der Waals surface area (Å²) in [5.41, 5.74) is 1.26. The number of nitrogens with one attached hydrogen (secondary N) is 1. The van der Waals surface area contributed by atoms with Crippen molar-refractivity contribution in [2.24, 2.45) is 0 Å². The Morgan fingerprint density at radius 1 is 1.05 bits per heavy atom. The highest BCUT2D eigenvalue weighted by Crippen LogP contribution is 2.38. The Morgan fingerprint density at radius 3 is 2.42 bits per heavy atom. The van der Waals surface area contributed by atoms with Gasteiger partial charge in [0.15, 0.2) is 6.61 Å². The summed E-state index contributed by atoms with van der Waals surface area (Å²) < 4.78 is 55.6. The summed E-state index contributed by atoms with van der Waals surface area (Å²) in [6, 6.07) is 13.5. The van der Waals surface area contributed by atoms with E-state index in [0.29, 0.717) is 34.8 Å². The number of hydrogen-bond donors (Lipinski definition) is 1. The van der Waals surface area contributed by atoms with E-state index in [9.17, 15) is 22.8 Å². The number of rotatable bonds is 7. The first-order valence-corrected chi connectivity index (χ1v) is 11.9. The van der Waals surface area contributed by atoms with Gasteiger partial charge in [-0.25, -0.2) is 0 Å². The molecule has 10 heteroatoms. The van der Waals surface area contributed by atoms with Crippen LogP contribution >= 0.6 is 0 Å². The van der Waals surface area contributed by atoms with Crippen molar-refractivity contribution in [1.29, 1.82) is 0 Å². The molecular formula is C28H27F3N2O5. The number of hydrogen-bond acceptors (Lipinski definition) is 5. The number of carbonyl (C=O) groups excluding carboxylic acids is 2. The second-order valence-electron chi connectivity index (χ2n) is 8.64. The van der Waals surface area contributed by atoms with Gasteiger partial charge in [-0.15, -0.1) is 0 Å². The maximum atomic E-state index is 13.7. The van der Waals surface area contributed by atoms with Crippen LogP contribution in [-0.2, 0) is 28.7 Å². The maximum absolute atomic E-state index is 13.7. The molecule has 3 aromatic rings. The third-order valence-corrected chi connectivity index (χ3v) is 6.34. The first-order chi connectivity index (χ1) is 18.2. The lowest BCUT2D eigenvalue weighted by Crippen LogP contribution is -2.41. The zero-order valence-electron chi connectivity index (χ0n) is 21.1. The lowest BCUT2D eigenvalue weighted by molar-refractivity contribution is -0.140. The average molecular weight is 529 g/mol. The summed E-state index contributed by atoms with van der Waals surface area (Å²) >= 11 is 0. The van der Waals surface area contributed by atoms with E-state index in [1.54, 1.807) is 30.3 Å². The van der Waals surface area contributed by atoms with Crippen molar-refractivity contribution in [3.63, 3.8) is 0 Å². The third kappa shape index (κ3) is 5.53. The van der Waals surface area contributed by atoms with E-state index >= 15 is 0 Å². The summed E-state index contributed by atoms with van der Waals surface area (Å²) in [5, 5.41) is 2.67. The van der Waals surface area contributed by atoms with E-state index in [0.717, 1.165) is 17.7 Å². The van der Waals surface area contributed by atoms with Crippen molar-refractivity contribution in [1.82, 2.24) is 4.90 Å². The Hall–Kier alpha value is -4.21. The Morgan fingerprint density at radius 2 is 1.79 bits per heavy atom. The summed E-state index contributed by atoms with van der Waals surface area (Å²) in [6.45, 7) is 1.66. The van der Waals surface area contributed by atoms with Gasteiger partial charge in [0.05, 0.1) is 26.3 Å². The van der Waals surface area contributed by atoms with E-state index in [1.165, 1.54) is 31.3 Å². The van der Waals surface area contributed by atoms with Gasteiger partial charge in [-0.3, -0.25) is 9.59 Å². The second kappa shape index (κ2) is 11.0. The molecule has 1 N–H and O–H groups in total. The predicted molar refractivity (Wildman–Crippen MR) is 134 cm³/mol. The number of amides is 2. The van der Waals surface area contributed by atoms with Gasteiger partial charge in [0, 0.05) is 22.9 Å². The molecule has 4 rings (SSSR count). The molecule has 0 aromatic heterocycles. The SMILES string of the molecule is CCc1cccc2c1OCC(=O)N(Cc1ccc(OC)cc1OC)C2C(=O)Nc1ccc(C(F)(F)F)cc1. The molecule has 3 aromatic carbocycles. The van der Waals surface area contributed by atoms with Crippen LogP contribution in [0.15, 0.2) is 60.7 Å². The van der Waals surface area contributed by atoms with E-state index in [-0.39, 0.29) is 18.8 Å². The van der Waals surface area contributed by atoms with Crippen LogP contribution in [0, 0.1) is 0 Å². The molecule has 0 saturated heterocycles. The number of anilines is 1. The van der Waals surface area contributed by atoms with Gasteiger partial charge in [0.2, 0.25) is 0 Å². The quantitative estimate of drug-likeness (QED) is 0.445. The number of methoxy groups -OCH3 is 2. The Balaban J connectivity index is 1.75. The van der Waals surface area contributed by atoms with Gasteiger partial charge >= 0.3 is 6.18 Å². The van der Waals surface area contributed by atoms with Gasteiger partial charge in [-0.05, 0) is 48.4 Å². The monoisotopic (exact) mass is 528 g/mol. The van der Waals surface area contributed by atoms with Crippen molar-refractivity contribution in [2.75, 3.05) is 26.1 Å². The number of fused-ring (bicyclic) bond motifs is 1. The zero-order valence-corrected chi connectivity index (χ0v) is 21.1. The fraction of sp³-hybridized carbons (Fsp3) is 0.286. The maximum Gasteiger partial charge on any atom is 0.416 e. The summed E-state index contributed by atoms with van der Waals surface area (Å²) in [4.78, 5) is 28.5. The van der Waals surface area contributed by atoms with Crippen molar-refractivity contribution in [3.8, 4) is 17.2 Å². The van der Waals surface area contributed by atoms with E-state index in [2.05, 4.69) is 5.32 Å². The molecule has 1 heterocycles. The second-order valence-corrected chi connectivity index (χ2v) is 8.64. The smallest absolute Gasteiger partial charge is 0.416 e. The number of aryl methyl sites for hydroxylation is 1. The number of halogens is 3. The largest absolute Gasteiger partial charge is 0.497 e. The van der Waals surface area contributed by atoms with Crippen LogP contribution in [0.5, 0.6) is 17.2 Å². The highest BCUT2D eigenvalue weighted by atomic mass is 19.4. The van der Waals surface area contributed by atoms with Crippen LogP contribution in [0.3, 0.4) is 0 Å². The minimum atomic E-state index is -4.50. The van der Waals surface area contributed by atoms with Gasteiger partial charge < -0.3 is 24.4 Å². The molecule has 0 bridgehead atoms. The fourth-order valence-corrected chi connectivity index (χ4v) is 4.38. The summed E-state index contributed by atoms with van der Waals surface area (Å²) in [5.74, 6) is 0.441. The molecule has 1 aliphatic heterocycles. The molecule has 2 amide bonds. The molecule has 1 atom stereocenters. The molecule has 7 nitrogen and oxygen atoms in total. The Labute approximate surface area is 218 Å². The van der Waals surface area contributed by atoms with Crippen LogP contribution in [0.25, 0.3) is 0 Å². The predicted octanol–water partition coefficient (Wildman–Crippen LogP) is 5.39. The average Bonchev–Trinajstić information content (AvgIpc) is 3.04. The Kier molecular flexibility index (Phi) is 7.80. The molecule has 0 fully saturated rings. The number of ether oxygens (including phenoxy) is 3. The van der Waals surface area contributed by atoms with Gasteiger partial charge in [-0.2, -0.15) is 13.2 Å². The van der Waals surface area contributed by atoms with Crippen molar-refractivity contribution in [3.05, 3.63) is 82.9 Å². The van der Waals surface area contributed by atoms with Gasteiger partial charge in [-0.1, -0.05) is 25.1 Å². The molecule has 0 aliphatic carbocycles. The molecule has 0 radical (unpaired) electrons. The van der Waals surface area contributed by atoms with E-state index in [4.69, 9.17) is 14.2 Å². The molecule has 0 saturated carbocycles. The van der Waals surface area contributed by atoms with Crippen molar-refractivity contribution in [2.45, 2.75) is 32.1 Å². The number of nitrogens with zero attached hydrogens (tertiary/aromatic N) is 1. The molecule has 1 aliphatic rings. The van der Waals surface area contributed by atoms with Crippen LogP contribution in [0.4, 0.5) is 18.9 Å². The topological polar surface area (TPSA) is 77.1 Å². The highest BCUT2D eigenvalue weighted by molar-refractivity contribution is 5.99. The normalized spacial score (nSPS) is 15.3. The minimum absolute atomic E-state index is 0.0102. The van der Waals surface area contributed by atoms with Gasteiger partial charge in [0.25, 0.3) is 11.8 Å². The first kappa shape index (κ1) is 26.8. The first-order valence-electron chi connectivity index (χ1n) is 11.9. The number of para-hydroxylation sites is 1. The van der Waals surface area contributed by atoms with Crippen molar-refractivity contribution >= 4 is 17.5 Å². The molecule has 0 spiro atoms. The molecule has 1 unspecified atom stereocenters. The standard InChI is InChI=1S/C28H27F3N2O5/c1-4-17-6-5-7-22-25(27(35)32-20-11-9-19(10-12-20)28(29,30)31)33(24(34)16-38-26(17)22)15-18-8-13-21(36-2)14-23(18)37-3/h5-14,25H,4,15-16H2,1-3H3,(H,32,35). The lowest BCUT2D eigenvalue weighted by Gasteiger charge is -2.30. The number of carbonyl (C=O) groups is 2.